The summed E-state index contributed by atoms with van der Waals surface area (Å²) in [6, 6.07) is 6.08. The minimum absolute atomic E-state index is 0.00132. The number of halogens is 1. The molecule has 0 fully saturated rings. The second-order valence-electron chi connectivity index (χ2n) is 4.14. The number of likely N-dealkylation sites (N-methyl/N-ethyl adjacent to an activating group) is 1. The molecule has 0 radical (unpaired) electrons. The second-order valence-corrected chi connectivity index (χ2v) is 4.14. The Morgan fingerprint density at radius 3 is 2.81 bits per heavy atom. The van der Waals surface area contributed by atoms with Crippen LogP contribution in [0, 0.1) is 5.82 Å². The zero-order valence-corrected chi connectivity index (χ0v) is 11.2. The van der Waals surface area contributed by atoms with Crippen molar-refractivity contribution >= 4 is 11.8 Å². The van der Waals surface area contributed by atoms with Crippen LogP contribution in [0.4, 0.5) is 4.39 Å². The molecule has 0 bridgehead atoms. The number of aromatic nitrogens is 2. The number of carbonyl (C=O) groups is 2. The quantitative estimate of drug-likeness (QED) is 0.832. The zero-order valence-electron chi connectivity index (χ0n) is 11.2. The molecule has 0 aliphatic carbocycles. The van der Waals surface area contributed by atoms with Gasteiger partial charge in [-0.05, 0) is 6.07 Å². The lowest BCUT2D eigenvalue weighted by molar-refractivity contribution is -0.120. The molecule has 0 saturated carbocycles. The summed E-state index contributed by atoms with van der Waals surface area (Å²) in [5.41, 5.74) is 0.343. The minimum Gasteiger partial charge on any atom is -0.359 e. The maximum atomic E-state index is 13.4. The van der Waals surface area contributed by atoms with Crippen molar-refractivity contribution in [1.29, 1.82) is 0 Å². The summed E-state index contributed by atoms with van der Waals surface area (Å²) in [4.78, 5) is 26.7. The van der Waals surface area contributed by atoms with Gasteiger partial charge in [-0.15, -0.1) is 0 Å². The highest BCUT2D eigenvalue weighted by Gasteiger charge is 2.16. The molecule has 2 rings (SSSR count). The molecule has 21 heavy (non-hydrogen) atoms. The smallest absolute Gasteiger partial charge is 0.315 e. The lowest BCUT2D eigenvalue weighted by atomic mass is 10.2. The van der Waals surface area contributed by atoms with Crippen molar-refractivity contribution < 1.29 is 18.5 Å². The van der Waals surface area contributed by atoms with Crippen LogP contribution in [-0.4, -0.2) is 29.0 Å². The van der Waals surface area contributed by atoms with Gasteiger partial charge in [-0.1, -0.05) is 23.4 Å². The average Bonchev–Trinajstić information content (AvgIpc) is 2.94. The SMILES string of the molecule is CNC(=O)Cc1noc(C(=O)NCc2ccccc2F)n1. The van der Waals surface area contributed by atoms with E-state index >= 15 is 0 Å². The van der Waals surface area contributed by atoms with E-state index < -0.39 is 11.7 Å². The highest BCUT2D eigenvalue weighted by molar-refractivity contribution is 5.89. The molecule has 2 N–H and O–H groups in total. The van der Waals surface area contributed by atoms with Crippen molar-refractivity contribution in [2.24, 2.45) is 0 Å². The summed E-state index contributed by atoms with van der Waals surface area (Å²) in [5, 5.41) is 8.38. The van der Waals surface area contributed by atoms with Crippen LogP contribution in [0.3, 0.4) is 0 Å². The number of amides is 2. The molecule has 2 aromatic rings. The van der Waals surface area contributed by atoms with E-state index in [0.717, 1.165) is 0 Å². The van der Waals surface area contributed by atoms with Gasteiger partial charge in [0, 0.05) is 19.2 Å². The molecular formula is C13H13FN4O3. The first-order valence-electron chi connectivity index (χ1n) is 6.15. The number of benzene rings is 1. The number of nitrogens with zero attached hydrogens (tertiary/aromatic N) is 2. The Morgan fingerprint density at radius 1 is 1.33 bits per heavy atom. The number of hydrogen-bond donors (Lipinski definition) is 2. The van der Waals surface area contributed by atoms with E-state index in [4.69, 9.17) is 4.52 Å². The van der Waals surface area contributed by atoms with E-state index in [1.807, 2.05) is 0 Å². The minimum atomic E-state index is -0.631. The van der Waals surface area contributed by atoms with Gasteiger partial charge in [0.2, 0.25) is 5.91 Å². The maximum Gasteiger partial charge on any atom is 0.315 e. The van der Waals surface area contributed by atoms with Gasteiger partial charge in [-0.25, -0.2) is 4.39 Å². The molecule has 1 aromatic heterocycles. The number of hydrogen-bond acceptors (Lipinski definition) is 5. The van der Waals surface area contributed by atoms with Crippen molar-refractivity contribution in [3.05, 3.63) is 47.4 Å². The summed E-state index contributed by atoms with van der Waals surface area (Å²) in [6.07, 6.45) is -0.0827. The molecule has 110 valence electrons. The van der Waals surface area contributed by atoms with Crippen molar-refractivity contribution in [2.45, 2.75) is 13.0 Å². The first-order chi connectivity index (χ1) is 10.1. The Labute approximate surface area is 119 Å². The number of rotatable bonds is 5. The Hall–Kier alpha value is -2.77. The lowest BCUT2D eigenvalue weighted by Crippen LogP contribution is -2.24. The van der Waals surface area contributed by atoms with Gasteiger partial charge in [-0.3, -0.25) is 9.59 Å². The van der Waals surface area contributed by atoms with Crippen LogP contribution < -0.4 is 10.6 Å². The second kappa shape index (κ2) is 6.60. The van der Waals surface area contributed by atoms with Crippen LogP contribution in [0.5, 0.6) is 0 Å². The average molecular weight is 292 g/mol. The molecule has 2 amide bonds. The third-order valence-electron chi connectivity index (χ3n) is 2.66. The van der Waals surface area contributed by atoms with Crippen LogP contribution >= 0.6 is 0 Å². The molecule has 1 heterocycles. The predicted octanol–water partition coefficient (Wildman–Crippen LogP) is 0.427. The summed E-state index contributed by atoms with van der Waals surface area (Å²) in [7, 11) is 1.48. The summed E-state index contributed by atoms with van der Waals surface area (Å²) < 4.78 is 18.1. The van der Waals surface area contributed by atoms with Gasteiger partial charge in [0.15, 0.2) is 5.82 Å². The monoisotopic (exact) mass is 292 g/mol. The van der Waals surface area contributed by atoms with Crippen LogP contribution in [0.15, 0.2) is 28.8 Å². The molecule has 7 nitrogen and oxygen atoms in total. The number of nitrogens with one attached hydrogen (secondary N) is 2. The lowest BCUT2D eigenvalue weighted by Gasteiger charge is -2.03. The van der Waals surface area contributed by atoms with E-state index in [-0.39, 0.29) is 30.6 Å². The Kier molecular flexibility index (Phi) is 4.60. The van der Waals surface area contributed by atoms with Crippen LogP contribution in [-0.2, 0) is 17.8 Å². The standard InChI is InChI=1S/C13H13FN4O3/c1-15-11(19)6-10-17-13(21-18-10)12(20)16-7-8-4-2-3-5-9(8)14/h2-5H,6-7H2,1H3,(H,15,19)(H,16,20). The van der Waals surface area contributed by atoms with Crippen molar-refractivity contribution in [3.8, 4) is 0 Å². The van der Waals surface area contributed by atoms with Crippen molar-refractivity contribution in [2.75, 3.05) is 7.05 Å². The summed E-state index contributed by atoms with van der Waals surface area (Å²) in [6.45, 7) is -0.00132. The zero-order chi connectivity index (χ0) is 15.2. The molecule has 0 spiro atoms. The normalized spacial score (nSPS) is 10.2. The first kappa shape index (κ1) is 14.6. The van der Waals surface area contributed by atoms with E-state index in [0.29, 0.717) is 5.56 Å². The van der Waals surface area contributed by atoms with E-state index in [1.54, 1.807) is 18.2 Å². The Morgan fingerprint density at radius 2 is 2.10 bits per heavy atom. The van der Waals surface area contributed by atoms with Crippen LogP contribution in [0.2, 0.25) is 0 Å². The summed E-state index contributed by atoms with van der Waals surface area (Å²) >= 11 is 0. The number of carbonyl (C=O) groups excluding carboxylic acids is 2. The fourth-order valence-corrected chi connectivity index (χ4v) is 1.54. The highest BCUT2D eigenvalue weighted by atomic mass is 19.1. The van der Waals surface area contributed by atoms with Gasteiger partial charge in [0.25, 0.3) is 0 Å². The van der Waals surface area contributed by atoms with Crippen molar-refractivity contribution in [1.82, 2.24) is 20.8 Å². The van der Waals surface area contributed by atoms with E-state index in [1.165, 1.54) is 13.1 Å². The van der Waals surface area contributed by atoms with Gasteiger partial charge in [-0.2, -0.15) is 4.98 Å². The molecule has 0 aliphatic rings. The predicted molar refractivity (Wildman–Crippen MR) is 69.6 cm³/mol. The highest BCUT2D eigenvalue weighted by Crippen LogP contribution is 2.06. The van der Waals surface area contributed by atoms with Gasteiger partial charge >= 0.3 is 11.8 Å². The van der Waals surface area contributed by atoms with E-state index in [2.05, 4.69) is 20.8 Å². The Bertz CT molecular complexity index is 656. The topological polar surface area (TPSA) is 97.1 Å². The molecule has 0 saturated heterocycles. The van der Waals surface area contributed by atoms with Crippen LogP contribution in [0.25, 0.3) is 0 Å². The molecule has 0 aliphatic heterocycles. The van der Waals surface area contributed by atoms with Crippen molar-refractivity contribution in [3.63, 3.8) is 0 Å². The van der Waals surface area contributed by atoms with Gasteiger partial charge in [0.05, 0.1) is 6.42 Å². The molecule has 0 unspecified atom stereocenters. The fraction of sp³-hybridized carbons (Fsp3) is 0.231. The van der Waals surface area contributed by atoms with Gasteiger partial charge in [0.1, 0.15) is 5.82 Å². The van der Waals surface area contributed by atoms with Crippen LogP contribution in [0.1, 0.15) is 22.1 Å². The summed E-state index contributed by atoms with van der Waals surface area (Å²) in [5.74, 6) is -1.51. The van der Waals surface area contributed by atoms with E-state index in [9.17, 15) is 14.0 Å². The molecule has 8 heteroatoms. The molecule has 0 atom stereocenters. The maximum absolute atomic E-state index is 13.4. The fourth-order valence-electron chi connectivity index (χ4n) is 1.54. The molecular weight excluding hydrogens is 279 g/mol. The first-order valence-corrected chi connectivity index (χ1v) is 6.15. The Balaban J connectivity index is 1.95. The van der Waals surface area contributed by atoms with Gasteiger partial charge < -0.3 is 15.2 Å². The largest absolute Gasteiger partial charge is 0.359 e. The third-order valence-corrected chi connectivity index (χ3v) is 2.66. The molecule has 1 aromatic carbocycles. The third kappa shape index (κ3) is 3.85.